The van der Waals surface area contributed by atoms with Crippen LogP contribution in [0.4, 0.5) is 5.69 Å². The lowest BCUT2D eigenvalue weighted by atomic mass is 10.00. The number of oxime groups is 1. The molecule has 2 aromatic carbocycles. The Morgan fingerprint density at radius 2 is 2.00 bits per heavy atom. The molecule has 0 saturated heterocycles. The minimum atomic E-state index is -0.676. The molecular formula is C23H18Cl2N4O2. The molecule has 156 valence electrons. The van der Waals surface area contributed by atoms with Gasteiger partial charge in [-0.1, -0.05) is 41.0 Å². The highest BCUT2D eigenvalue weighted by Crippen LogP contribution is 2.23. The summed E-state index contributed by atoms with van der Waals surface area (Å²) < 4.78 is 0. The van der Waals surface area contributed by atoms with Gasteiger partial charge in [-0.15, -0.1) is 12.4 Å². The van der Waals surface area contributed by atoms with Crippen molar-refractivity contribution >= 4 is 41.3 Å². The first-order valence-corrected chi connectivity index (χ1v) is 9.72. The third kappa shape index (κ3) is 5.21. The number of carbonyl (C=O) groups excluding carboxylic acids is 1. The molecule has 0 bridgehead atoms. The first kappa shape index (κ1) is 22.3. The Balaban J connectivity index is 0.00000272. The average Bonchev–Trinajstić information content (AvgIpc) is 3.27. The van der Waals surface area contributed by atoms with E-state index in [1.165, 1.54) is 0 Å². The maximum atomic E-state index is 12.5. The molecule has 0 radical (unpaired) electrons. The first-order valence-electron chi connectivity index (χ1n) is 9.34. The molecule has 2 heterocycles. The van der Waals surface area contributed by atoms with Gasteiger partial charge in [0.25, 0.3) is 5.91 Å². The van der Waals surface area contributed by atoms with E-state index in [1.807, 2.05) is 48.5 Å². The fourth-order valence-electron chi connectivity index (χ4n) is 3.21. The summed E-state index contributed by atoms with van der Waals surface area (Å²) >= 11 is 6.10. The fourth-order valence-corrected chi connectivity index (χ4v) is 3.45. The van der Waals surface area contributed by atoms with Crippen molar-refractivity contribution in [2.45, 2.75) is 18.9 Å². The van der Waals surface area contributed by atoms with Crippen LogP contribution >= 0.6 is 24.0 Å². The van der Waals surface area contributed by atoms with Gasteiger partial charge >= 0.3 is 0 Å². The normalized spacial score (nSPS) is 14.6. The number of benzene rings is 2. The molecule has 4 rings (SSSR count). The summed E-state index contributed by atoms with van der Waals surface area (Å²) in [5.74, 6) is -0.257. The number of halogens is 2. The van der Waals surface area contributed by atoms with Crippen molar-refractivity contribution in [3.05, 3.63) is 94.3 Å². The third-order valence-electron chi connectivity index (χ3n) is 4.78. The first-order chi connectivity index (χ1) is 14.6. The number of carbonyl (C=O) groups is 1. The van der Waals surface area contributed by atoms with Crippen LogP contribution in [-0.2, 0) is 16.1 Å². The van der Waals surface area contributed by atoms with Gasteiger partial charge in [-0.3, -0.25) is 9.78 Å². The summed E-state index contributed by atoms with van der Waals surface area (Å²) in [4.78, 5) is 21.9. The number of anilines is 1. The maximum absolute atomic E-state index is 12.5. The summed E-state index contributed by atoms with van der Waals surface area (Å²) in [5.41, 5.74) is 4.56. The Labute approximate surface area is 190 Å². The van der Waals surface area contributed by atoms with Crippen LogP contribution in [0, 0.1) is 11.3 Å². The van der Waals surface area contributed by atoms with Crippen molar-refractivity contribution < 1.29 is 9.63 Å². The number of hydrogen-bond donors (Lipinski definition) is 1. The quantitative estimate of drug-likeness (QED) is 0.604. The Kier molecular flexibility index (Phi) is 7.24. The summed E-state index contributed by atoms with van der Waals surface area (Å²) in [6, 6.07) is 18.7. The molecule has 1 aliphatic heterocycles. The summed E-state index contributed by atoms with van der Waals surface area (Å²) in [5, 5.41) is 16.6. The maximum Gasteiger partial charge on any atom is 0.268 e. The van der Waals surface area contributed by atoms with Gasteiger partial charge in [-0.2, -0.15) is 5.26 Å². The van der Waals surface area contributed by atoms with E-state index in [1.54, 1.807) is 18.5 Å². The van der Waals surface area contributed by atoms with Crippen molar-refractivity contribution in [1.29, 1.82) is 5.26 Å². The molecule has 3 aromatic rings. The largest absolute Gasteiger partial charge is 0.382 e. The van der Waals surface area contributed by atoms with Gasteiger partial charge in [0.1, 0.15) is 6.07 Å². The van der Waals surface area contributed by atoms with Crippen molar-refractivity contribution in [3.63, 3.8) is 0 Å². The molecule has 1 atom stereocenters. The van der Waals surface area contributed by atoms with E-state index in [2.05, 4.69) is 21.5 Å². The smallest absolute Gasteiger partial charge is 0.268 e. The molecule has 1 N–H and O–H groups in total. The molecular weight excluding hydrogens is 435 g/mol. The predicted molar refractivity (Wildman–Crippen MR) is 122 cm³/mol. The predicted octanol–water partition coefficient (Wildman–Crippen LogP) is 4.75. The molecule has 0 fully saturated rings. The van der Waals surface area contributed by atoms with Crippen LogP contribution in [0.5, 0.6) is 0 Å². The van der Waals surface area contributed by atoms with E-state index < -0.39 is 6.10 Å². The van der Waals surface area contributed by atoms with Gasteiger partial charge in [0, 0.05) is 30.1 Å². The highest BCUT2D eigenvalue weighted by atomic mass is 35.5. The van der Waals surface area contributed by atoms with Gasteiger partial charge in [0.2, 0.25) is 6.10 Å². The van der Waals surface area contributed by atoms with Crippen LogP contribution in [-0.4, -0.2) is 22.7 Å². The average molecular weight is 453 g/mol. The van der Waals surface area contributed by atoms with E-state index >= 15 is 0 Å². The molecule has 1 aromatic heterocycles. The van der Waals surface area contributed by atoms with E-state index in [0.717, 1.165) is 16.7 Å². The molecule has 6 nitrogen and oxygen atoms in total. The Hall–Kier alpha value is -3.40. The summed E-state index contributed by atoms with van der Waals surface area (Å²) in [6.45, 7) is 0. The number of amides is 1. The van der Waals surface area contributed by atoms with Crippen LogP contribution in [0.25, 0.3) is 0 Å². The van der Waals surface area contributed by atoms with Crippen LogP contribution in [0.3, 0.4) is 0 Å². The zero-order chi connectivity index (χ0) is 20.9. The Morgan fingerprint density at radius 3 is 2.71 bits per heavy atom. The topological polar surface area (TPSA) is 87.4 Å². The third-order valence-corrected chi connectivity index (χ3v) is 5.10. The Bertz CT molecular complexity index is 1140. The SMILES string of the molecule is Cl.N#Cc1c(Cl)cccc1Cc1ccc(NC(=O)C2CC(c3cccnc3)=NO2)cc1. The lowest BCUT2D eigenvalue weighted by Gasteiger charge is -2.11. The molecule has 1 amide bonds. The van der Waals surface area contributed by atoms with E-state index in [-0.39, 0.29) is 18.3 Å². The molecule has 0 aliphatic carbocycles. The standard InChI is InChI=1S/C23H17ClN4O2.ClH/c24-20-5-1-3-16(19(20)13-25)11-15-6-8-18(9-7-15)27-23(29)22-12-21(28-30-22)17-4-2-10-26-14-17;/h1-10,14,22H,11-12H2,(H,27,29);1H. The van der Waals surface area contributed by atoms with Crippen molar-refractivity contribution in [3.8, 4) is 6.07 Å². The minimum Gasteiger partial charge on any atom is -0.382 e. The lowest BCUT2D eigenvalue weighted by Crippen LogP contribution is -2.28. The zero-order valence-electron chi connectivity index (χ0n) is 16.3. The molecule has 8 heteroatoms. The minimum absolute atomic E-state index is 0. The molecule has 1 aliphatic rings. The van der Waals surface area contributed by atoms with Gasteiger partial charge < -0.3 is 10.2 Å². The highest BCUT2D eigenvalue weighted by Gasteiger charge is 2.29. The highest BCUT2D eigenvalue weighted by molar-refractivity contribution is 6.31. The number of pyridine rings is 1. The van der Waals surface area contributed by atoms with Crippen molar-refractivity contribution in [1.82, 2.24) is 4.98 Å². The van der Waals surface area contributed by atoms with Crippen LogP contribution in [0.1, 0.15) is 28.7 Å². The van der Waals surface area contributed by atoms with E-state index in [9.17, 15) is 10.1 Å². The van der Waals surface area contributed by atoms with Crippen LogP contribution < -0.4 is 5.32 Å². The van der Waals surface area contributed by atoms with E-state index in [4.69, 9.17) is 16.4 Å². The van der Waals surface area contributed by atoms with Crippen LogP contribution in [0.2, 0.25) is 5.02 Å². The lowest BCUT2D eigenvalue weighted by molar-refractivity contribution is -0.125. The number of hydrogen-bond acceptors (Lipinski definition) is 5. The number of aromatic nitrogens is 1. The molecule has 1 unspecified atom stereocenters. The molecule has 0 spiro atoms. The summed E-state index contributed by atoms with van der Waals surface area (Å²) in [7, 11) is 0. The van der Waals surface area contributed by atoms with Gasteiger partial charge in [0.15, 0.2) is 0 Å². The van der Waals surface area contributed by atoms with Crippen LogP contribution in [0.15, 0.2) is 72.1 Å². The van der Waals surface area contributed by atoms with Gasteiger partial charge in [-0.05, 0) is 47.9 Å². The molecule has 0 saturated carbocycles. The summed E-state index contributed by atoms with van der Waals surface area (Å²) in [6.07, 6.45) is 3.66. The number of nitrogens with one attached hydrogen (secondary N) is 1. The molecule has 31 heavy (non-hydrogen) atoms. The van der Waals surface area contributed by atoms with Gasteiger partial charge in [0.05, 0.1) is 16.3 Å². The fraction of sp³-hybridized carbons (Fsp3) is 0.130. The number of nitriles is 1. The number of nitrogens with zero attached hydrogens (tertiary/aromatic N) is 3. The zero-order valence-corrected chi connectivity index (χ0v) is 17.9. The second-order valence-corrected chi connectivity index (χ2v) is 7.23. The Morgan fingerprint density at radius 1 is 1.19 bits per heavy atom. The van der Waals surface area contributed by atoms with Gasteiger partial charge in [-0.25, -0.2) is 0 Å². The monoisotopic (exact) mass is 452 g/mol. The van der Waals surface area contributed by atoms with E-state index in [0.29, 0.717) is 34.8 Å². The second kappa shape index (κ2) is 10.1. The van der Waals surface area contributed by atoms with Crippen molar-refractivity contribution in [2.75, 3.05) is 5.32 Å². The second-order valence-electron chi connectivity index (χ2n) is 6.83. The van der Waals surface area contributed by atoms with Crippen molar-refractivity contribution in [2.24, 2.45) is 5.16 Å². The number of rotatable bonds is 5.